The second-order valence-electron chi connectivity index (χ2n) is 10.8. The molecule has 3 rings (SSSR count). The van der Waals surface area contributed by atoms with Gasteiger partial charge in [-0.2, -0.15) is 0 Å². The molecule has 1 unspecified atom stereocenters. The molecule has 0 fully saturated rings. The van der Waals surface area contributed by atoms with Crippen molar-refractivity contribution in [1.82, 2.24) is 0 Å². The van der Waals surface area contributed by atoms with E-state index in [4.69, 9.17) is 9.47 Å². The first-order valence-electron chi connectivity index (χ1n) is 13.2. The van der Waals surface area contributed by atoms with Crippen LogP contribution in [0.15, 0.2) is 72.8 Å². The maximum Gasteiger partial charge on any atom is 0.343 e. The van der Waals surface area contributed by atoms with Gasteiger partial charge in [-0.1, -0.05) is 77.4 Å². The summed E-state index contributed by atoms with van der Waals surface area (Å²) in [5.41, 5.74) is 2.57. The lowest BCUT2D eigenvalue weighted by Gasteiger charge is -2.30. The number of carbonyl (C=O) groups is 2. The molecule has 3 aromatic carbocycles. The maximum atomic E-state index is 13.0. The Balaban J connectivity index is 1.76. The first kappa shape index (κ1) is 28.2. The van der Waals surface area contributed by atoms with Crippen molar-refractivity contribution >= 4 is 11.8 Å². The van der Waals surface area contributed by atoms with Crippen LogP contribution in [0.4, 0.5) is 0 Å². The van der Waals surface area contributed by atoms with Crippen molar-refractivity contribution in [3.8, 4) is 11.5 Å². The second kappa shape index (κ2) is 11.8. The number of esters is 1. The van der Waals surface area contributed by atoms with Crippen molar-refractivity contribution in [3.05, 3.63) is 95.1 Å². The topological polar surface area (TPSA) is 52.6 Å². The summed E-state index contributed by atoms with van der Waals surface area (Å²) in [4.78, 5) is 25.9. The Morgan fingerprint density at radius 1 is 0.784 bits per heavy atom. The number of Topliss-reactive ketones (excluding diaryl/α,β-unsaturated/α-hetero) is 1. The van der Waals surface area contributed by atoms with Gasteiger partial charge < -0.3 is 9.47 Å². The van der Waals surface area contributed by atoms with Crippen molar-refractivity contribution in [2.45, 2.75) is 79.2 Å². The van der Waals surface area contributed by atoms with E-state index in [9.17, 15) is 9.59 Å². The van der Waals surface area contributed by atoms with Crippen LogP contribution in [0.5, 0.6) is 11.5 Å². The van der Waals surface area contributed by atoms with Crippen LogP contribution < -0.4 is 9.47 Å². The smallest absolute Gasteiger partial charge is 0.343 e. The van der Waals surface area contributed by atoms with Gasteiger partial charge in [0.05, 0.1) is 11.7 Å². The van der Waals surface area contributed by atoms with Gasteiger partial charge in [0.1, 0.15) is 11.5 Å². The Morgan fingerprint density at radius 3 is 1.84 bits per heavy atom. The molecule has 0 radical (unpaired) electrons. The Bertz CT molecular complexity index is 1210. The Kier molecular flexibility index (Phi) is 8.96. The molecule has 0 aliphatic carbocycles. The van der Waals surface area contributed by atoms with Crippen molar-refractivity contribution in [3.63, 3.8) is 0 Å². The third-order valence-electron chi connectivity index (χ3n) is 7.12. The van der Waals surface area contributed by atoms with Crippen molar-refractivity contribution in [2.24, 2.45) is 5.41 Å². The molecule has 0 aromatic heterocycles. The highest BCUT2D eigenvalue weighted by Gasteiger charge is 2.29. The van der Waals surface area contributed by atoms with Crippen LogP contribution in [0.3, 0.4) is 0 Å². The van der Waals surface area contributed by atoms with Crippen molar-refractivity contribution < 1.29 is 19.1 Å². The van der Waals surface area contributed by atoms with E-state index < -0.39 is 11.4 Å². The molecule has 3 aromatic rings. The number of ether oxygens (including phenoxy) is 2. The van der Waals surface area contributed by atoms with E-state index in [1.165, 1.54) is 5.56 Å². The SMILES string of the molecule is CCCC(C)(C)C(=O)c1cccc(C(=O)Oc2ccc(C(C)(CC)c3ccc(OC(C)C)cc3)cc2)c1. The van der Waals surface area contributed by atoms with Crippen LogP contribution in [0.2, 0.25) is 0 Å². The Morgan fingerprint density at radius 2 is 1.32 bits per heavy atom. The number of rotatable bonds is 11. The molecule has 4 nitrogen and oxygen atoms in total. The number of benzene rings is 3. The lowest BCUT2D eigenvalue weighted by atomic mass is 9.74. The van der Waals surface area contributed by atoms with Gasteiger partial charge in [-0.15, -0.1) is 0 Å². The van der Waals surface area contributed by atoms with Gasteiger partial charge in [0.25, 0.3) is 0 Å². The summed E-state index contributed by atoms with van der Waals surface area (Å²) in [7, 11) is 0. The van der Waals surface area contributed by atoms with E-state index in [0.717, 1.165) is 30.6 Å². The molecule has 0 aliphatic heterocycles. The average Bonchev–Trinajstić information content (AvgIpc) is 2.88. The molecule has 0 spiro atoms. The normalized spacial score (nSPS) is 13.2. The standard InChI is InChI=1S/C33H40O4/c1-8-21-32(5,6)30(34)24-11-10-12-25(22-24)31(35)37-29-19-15-27(16-20-29)33(7,9-2)26-13-17-28(18-14-26)36-23(3)4/h10-20,22-23H,8-9,21H2,1-7H3. The summed E-state index contributed by atoms with van der Waals surface area (Å²) in [5.74, 6) is 0.890. The third-order valence-corrected chi connectivity index (χ3v) is 7.12. The maximum absolute atomic E-state index is 13.0. The van der Waals surface area contributed by atoms with Gasteiger partial charge in [-0.05, 0) is 74.2 Å². The van der Waals surface area contributed by atoms with Gasteiger partial charge >= 0.3 is 5.97 Å². The highest BCUT2D eigenvalue weighted by atomic mass is 16.5. The fraction of sp³-hybridized carbons (Fsp3) is 0.394. The molecule has 37 heavy (non-hydrogen) atoms. The third kappa shape index (κ3) is 6.68. The number of hydrogen-bond acceptors (Lipinski definition) is 4. The summed E-state index contributed by atoms with van der Waals surface area (Å²) in [6.07, 6.45) is 2.76. The number of ketones is 1. The van der Waals surface area contributed by atoms with Crippen LogP contribution in [-0.2, 0) is 5.41 Å². The zero-order valence-corrected chi connectivity index (χ0v) is 23.3. The molecule has 4 heteroatoms. The predicted molar refractivity (Wildman–Crippen MR) is 150 cm³/mol. The molecular formula is C33H40O4. The molecule has 1 atom stereocenters. The van der Waals surface area contributed by atoms with E-state index in [2.05, 4.69) is 32.9 Å². The van der Waals surface area contributed by atoms with Crippen LogP contribution in [-0.4, -0.2) is 17.9 Å². The number of carbonyl (C=O) groups excluding carboxylic acids is 2. The Hall–Kier alpha value is -3.40. The average molecular weight is 501 g/mol. The molecule has 0 N–H and O–H groups in total. The highest BCUT2D eigenvalue weighted by Crippen LogP contribution is 2.37. The van der Waals surface area contributed by atoms with Gasteiger partial charge in [-0.3, -0.25) is 4.79 Å². The summed E-state index contributed by atoms with van der Waals surface area (Å²) in [6.45, 7) is 14.4. The highest BCUT2D eigenvalue weighted by molar-refractivity contribution is 6.02. The molecule has 0 aliphatic rings. The summed E-state index contributed by atoms with van der Waals surface area (Å²) in [6, 6.07) is 22.8. The summed E-state index contributed by atoms with van der Waals surface area (Å²) >= 11 is 0. The molecule has 0 saturated heterocycles. The van der Waals surface area contributed by atoms with E-state index in [0.29, 0.717) is 16.9 Å². The van der Waals surface area contributed by atoms with Crippen molar-refractivity contribution in [2.75, 3.05) is 0 Å². The summed E-state index contributed by atoms with van der Waals surface area (Å²) < 4.78 is 11.5. The molecule has 0 amide bonds. The minimum Gasteiger partial charge on any atom is -0.491 e. The minimum absolute atomic E-state index is 0.0380. The zero-order valence-electron chi connectivity index (χ0n) is 23.3. The number of hydrogen-bond donors (Lipinski definition) is 0. The van der Waals surface area contributed by atoms with Crippen LogP contribution in [0.1, 0.15) is 99.6 Å². The predicted octanol–water partition coefficient (Wildman–Crippen LogP) is 8.42. The van der Waals surface area contributed by atoms with Crippen LogP contribution in [0.25, 0.3) is 0 Å². The van der Waals surface area contributed by atoms with E-state index >= 15 is 0 Å². The first-order chi connectivity index (χ1) is 17.5. The van der Waals surface area contributed by atoms with Gasteiger partial charge in [0.2, 0.25) is 0 Å². The fourth-order valence-corrected chi connectivity index (χ4v) is 4.72. The monoisotopic (exact) mass is 500 g/mol. The lowest BCUT2D eigenvalue weighted by molar-refractivity contribution is 0.0734. The fourth-order valence-electron chi connectivity index (χ4n) is 4.72. The first-order valence-corrected chi connectivity index (χ1v) is 13.2. The van der Waals surface area contributed by atoms with Crippen LogP contribution in [0, 0.1) is 5.41 Å². The van der Waals surface area contributed by atoms with E-state index in [-0.39, 0.29) is 17.3 Å². The second-order valence-corrected chi connectivity index (χ2v) is 10.8. The zero-order chi connectivity index (χ0) is 27.2. The quantitative estimate of drug-likeness (QED) is 0.151. The van der Waals surface area contributed by atoms with Gasteiger partial charge in [-0.25, -0.2) is 4.79 Å². The van der Waals surface area contributed by atoms with E-state index in [1.54, 1.807) is 24.3 Å². The molecule has 0 bridgehead atoms. The molecule has 0 saturated carbocycles. The van der Waals surface area contributed by atoms with Gasteiger partial charge in [0, 0.05) is 16.4 Å². The summed E-state index contributed by atoms with van der Waals surface area (Å²) in [5, 5.41) is 0. The van der Waals surface area contributed by atoms with E-state index in [1.807, 2.05) is 64.1 Å². The van der Waals surface area contributed by atoms with Gasteiger partial charge in [0.15, 0.2) is 5.78 Å². The minimum atomic E-state index is -0.477. The molecule has 0 heterocycles. The lowest BCUT2D eigenvalue weighted by Crippen LogP contribution is -2.24. The van der Waals surface area contributed by atoms with Crippen LogP contribution >= 0.6 is 0 Å². The molecule has 196 valence electrons. The Labute approximate surface area is 222 Å². The largest absolute Gasteiger partial charge is 0.491 e. The van der Waals surface area contributed by atoms with Crippen molar-refractivity contribution in [1.29, 1.82) is 0 Å². The molecular weight excluding hydrogens is 460 g/mol.